The minimum absolute atomic E-state index is 0.479. The Morgan fingerprint density at radius 2 is 2.06 bits per heavy atom. The van der Waals surface area contributed by atoms with Crippen LogP contribution in [0.1, 0.15) is 16.8 Å². The molecule has 0 aliphatic heterocycles. The van der Waals surface area contributed by atoms with Crippen molar-refractivity contribution < 1.29 is 0 Å². The van der Waals surface area contributed by atoms with E-state index in [0.29, 0.717) is 16.4 Å². The predicted octanol–water partition coefficient (Wildman–Crippen LogP) is 3.81. The summed E-state index contributed by atoms with van der Waals surface area (Å²) >= 11 is 8.16. The topological polar surface area (TPSA) is 54.7 Å². The Hall–Kier alpha value is -1.19. The fourth-order valence-corrected chi connectivity index (χ4v) is 3.06. The van der Waals surface area contributed by atoms with Gasteiger partial charge in [-0.1, -0.05) is 11.6 Å². The highest BCUT2D eigenvalue weighted by Gasteiger charge is 2.17. The van der Waals surface area contributed by atoms with Gasteiger partial charge in [0.15, 0.2) is 0 Å². The molecule has 3 nitrogen and oxygen atoms in total. The Balaban J connectivity index is 2.77. The van der Waals surface area contributed by atoms with Crippen molar-refractivity contribution in [2.75, 3.05) is 5.73 Å². The summed E-state index contributed by atoms with van der Waals surface area (Å²) in [5, 5.41) is 9.82. The van der Waals surface area contributed by atoms with E-state index in [2.05, 4.69) is 28.7 Å². The fourth-order valence-electron chi connectivity index (χ4n) is 1.95. The zero-order valence-corrected chi connectivity index (χ0v) is 12.9. The van der Waals surface area contributed by atoms with Crippen LogP contribution in [0.15, 0.2) is 18.2 Å². The zero-order chi connectivity index (χ0) is 13.4. The zero-order valence-electron chi connectivity index (χ0n) is 9.96. The largest absolute Gasteiger partial charge is 0.384 e. The molecule has 1 aromatic heterocycles. The number of nitrogen functional groups attached to an aromatic ring is 1. The van der Waals surface area contributed by atoms with E-state index in [1.54, 1.807) is 0 Å². The maximum atomic E-state index is 9.13. The van der Waals surface area contributed by atoms with Crippen LogP contribution in [-0.4, -0.2) is 4.57 Å². The number of nitriles is 1. The molecule has 1 heterocycles. The Morgan fingerprint density at radius 3 is 2.56 bits per heavy atom. The van der Waals surface area contributed by atoms with Gasteiger partial charge in [-0.2, -0.15) is 5.26 Å². The summed E-state index contributed by atoms with van der Waals surface area (Å²) < 4.78 is 2.89. The normalized spacial score (nSPS) is 10.4. The second kappa shape index (κ2) is 4.82. The molecular formula is C13H11ClIN3. The van der Waals surface area contributed by atoms with Crippen LogP contribution in [0.2, 0.25) is 5.02 Å². The van der Waals surface area contributed by atoms with Crippen LogP contribution in [0.3, 0.4) is 0 Å². The smallest absolute Gasteiger partial charge is 0.126 e. The summed E-state index contributed by atoms with van der Waals surface area (Å²) in [6, 6.07) is 7.75. The number of anilines is 1. The lowest BCUT2D eigenvalue weighted by Crippen LogP contribution is -2.04. The van der Waals surface area contributed by atoms with E-state index in [0.717, 1.165) is 20.5 Å². The van der Waals surface area contributed by atoms with Gasteiger partial charge < -0.3 is 5.73 Å². The molecule has 1 aromatic carbocycles. The minimum Gasteiger partial charge on any atom is -0.384 e. The van der Waals surface area contributed by atoms with Crippen molar-refractivity contribution in [3.8, 4) is 11.8 Å². The summed E-state index contributed by atoms with van der Waals surface area (Å²) in [5.41, 5.74) is 9.44. The first-order chi connectivity index (χ1) is 8.47. The molecule has 0 spiro atoms. The first-order valence-electron chi connectivity index (χ1n) is 5.30. The number of benzene rings is 1. The van der Waals surface area contributed by atoms with E-state index in [-0.39, 0.29) is 0 Å². The Kier molecular flexibility index (Phi) is 3.55. The van der Waals surface area contributed by atoms with E-state index in [1.165, 1.54) is 0 Å². The Bertz CT molecular complexity index is 668. The van der Waals surface area contributed by atoms with Gasteiger partial charge in [-0.3, -0.25) is 4.57 Å². The molecule has 0 fully saturated rings. The maximum Gasteiger partial charge on any atom is 0.126 e. The molecule has 0 amide bonds. The van der Waals surface area contributed by atoms with E-state index in [1.807, 2.05) is 36.6 Å². The Morgan fingerprint density at radius 1 is 1.39 bits per heavy atom. The quantitative estimate of drug-likeness (QED) is 0.775. The number of hydrogen-bond acceptors (Lipinski definition) is 2. The van der Waals surface area contributed by atoms with Crippen LogP contribution in [0.25, 0.3) is 5.69 Å². The third-order valence-electron chi connectivity index (χ3n) is 3.01. The first kappa shape index (κ1) is 13.2. The molecule has 5 heteroatoms. The van der Waals surface area contributed by atoms with Gasteiger partial charge in [-0.25, -0.2) is 0 Å². The highest BCUT2D eigenvalue weighted by Crippen LogP contribution is 2.30. The summed E-state index contributed by atoms with van der Waals surface area (Å²) in [6.07, 6.45) is 0. The number of aromatic nitrogens is 1. The van der Waals surface area contributed by atoms with Crippen molar-refractivity contribution in [3.05, 3.63) is 43.6 Å². The van der Waals surface area contributed by atoms with Gasteiger partial charge in [0.25, 0.3) is 0 Å². The molecular weight excluding hydrogens is 361 g/mol. The van der Waals surface area contributed by atoms with E-state index in [9.17, 15) is 0 Å². The maximum absolute atomic E-state index is 9.13. The minimum atomic E-state index is 0.479. The fraction of sp³-hybridized carbons (Fsp3) is 0.154. The van der Waals surface area contributed by atoms with Crippen LogP contribution in [0, 0.1) is 28.7 Å². The second-order valence-corrected chi connectivity index (χ2v) is 5.61. The molecule has 92 valence electrons. The number of halogens is 2. The molecule has 0 atom stereocenters. The molecule has 0 unspecified atom stereocenters. The van der Waals surface area contributed by atoms with Crippen LogP contribution >= 0.6 is 34.2 Å². The molecule has 0 aliphatic carbocycles. The lowest BCUT2D eigenvalue weighted by molar-refractivity contribution is 1.01. The van der Waals surface area contributed by atoms with Crippen molar-refractivity contribution in [2.45, 2.75) is 13.8 Å². The van der Waals surface area contributed by atoms with Gasteiger partial charge in [0, 0.05) is 14.3 Å². The molecule has 2 aromatic rings. The molecule has 2 N–H and O–H groups in total. The molecule has 0 saturated carbocycles. The van der Waals surface area contributed by atoms with Gasteiger partial charge in [-0.15, -0.1) is 0 Å². The lowest BCUT2D eigenvalue weighted by Gasteiger charge is -2.11. The van der Waals surface area contributed by atoms with E-state index < -0.39 is 0 Å². The third-order valence-corrected chi connectivity index (χ3v) is 4.11. The average Bonchev–Trinajstić information content (AvgIpc) is 2.52. The van der Waals surface area contributed by atoms with Gasteiger partial charge in [0.2, 0.25) is 0 Å². The third kappa shape index (κ3) is 1.98. The highest BCUT2D eigenvalue weighted by atomic mass is 127. The van der Waals surface area contributed by atoms with Crippen LogP contribution in [-0.2, 0) is 0 Å². The van der Waals surface area contributed by atoms with Gasteiger partial charge in [0.05, 0.1) is 11.3 Å². The molecule has 0 radical (unpaired) electrons. The van der Waals surface area contributed by atoms with Crippen molar-refractivity contribution in [2.24, 2.45) is 0 Å². The van der Waals surface area contributed by atoms with Crippen molar-refractivity contribution in [1.82, 2.24) is 4.57 Å². The SMILES string of the molecule is Cc1c(C#N)c(N)n(-c2ccc(Cl)cc2I)c1C. The summed E-state index contributed by atoms with van der Waals surface area (Å²) in [6.45, 7) is 3.86. The van der Waals surface area contributed by atoms with Crippen LogP contribution in [0.5, 0.6) is 0 Å². The summed E-state index contributed by atoms with van der Waals surface area (Å²) in [7, 11) is 0. The molecule has 0 aliphatic rings. The first-order valence-corrected chi connectivity index (χ1v) is 6.76. The second-order valence-electron chi connectivity index (χ2n) is 4.01. The number of nitrogens with two attached hydrogens (primary N) is 1. The monoisotopic (exact) mass is 371 g/mol. The van der Waals surface area contributed by atoms with Gasteiger partial charge in [0.1, 0.15) is 11.9 Å². The number of hydrogen-bond donors (Lipinski definition) is 1. The van der Waals surface area contributed by atoms with E-state index >= 15 is 0 Å². The Labute approximate surface area is 124 Å². The van der Waals surface area contributed by atoms with Gasteiger partial charge in [-0.05, 0) is 60.2 Å². The average molecular weight is 372 g/mol. The van der Waals surface area contributed by atoms with Crippen molar-refractivity contribution in [1.29, 1.82) is 5.26 Å². The molecule has 0 bridgehead atoms. The van der Waals surface area contributed by atoms with Crippen molar-refractivity contribution in [3.63, 3.8) is 0 Å². The highest BCUT2D eigenvalue weighted by molar-refractivity contribution is 14.1. The number of nitrogens with zero attached hydrogens (tertiary/aromatic N) is 2. The lowest BCUT2D eigenvalue weighted by atomic mass is 10.2. The summed E-state index contributed by atoms with van der Waals surface area (Å²) in [5.74, 6) is 0.479. The van der Waals surface area contributed by atoms with Crippen LogP contribution < -0.4 is 5.73 Å². The molecule has 2 rings (SSSR count). The molecule has 0 saturated heterocycles. The standard InChI is InChI=1S/C13H11ClIN3/c1-7-8(2)18(13(17)10(7)6-16)12-4-3-9(14)5-11(12)15/h3-5H,17H2,1-2H3. The van der Waals surface area contributed by atoms with Gasteiger partial charge >= 0.3 is 0 Å². The van der Waals surface area contributed by atoms with Crippen LogP contribution in [0.4, 0.5) is 5.82 Å². The predicted molar refractivity (Wildman–Crippen MR) is 82.1 cm³/mol. The number of rotatable bonds is 1. The van der Waals surface area contributed by atoms with E-state index in [4.69, 9.17) is 22.6 Å². The van der Waals surface area contributed by atoms with Crippen molar-refractivity contribution >= 4 is 40.0 Å². The molecule has 18 heavy (non-hydrogen) atoms. The summed E-state index contributed by atoms with van der Waals surface area (Å²) in [4.78, 5) is 0.